The minimum Gasteiger partial charge on any atom is -0.477 e. The van der Waals surface area contributed by atoms with Crippen LogP contribution in [0.15, 0.2) is 48.8 Å². The fraction of sp³-hybridized carbons (Fsp3) is 0.481. The van der Waals surface area contributed by atoms with Gasteiger partial charge in [-0.05, 0) is 23.3 Å². The Bertz CT molecular complexity index is 905. The van der Waals surface area contributed by atoms with Gasteiger partial charge in [-0.2, -0.15) is 0 Å². The van der Waals surface area contributed by atoms with Gasteiger partial charge in [0.25, 0.3) is 0 Å². The number of aromatic carboxylic acids is 1. The van der Waals surface area contributed by atoms with Crippen molar-refractivity contribution in [1.29, 1.82) is 0 Å². The zero-order valence-electron chi connectivity index (χ0n) is 20.0. The summed E-state index contributed by atoms with van der Waals surface area (Å²) in [5.41, 5.74) is 2.90. The summed E-state index contributed by atoms with van der Waals surface area (Å²) in [6.45, 7) is 7.00. The first-order valence-corrected chi connectivity index (χ1v) is 18.2. The topological polar surface area (TPSA) is 66.0 Å². The Morgan fingerprint density at radius 3 is 2.09 bits per heavy atom. The Balaban J connectivity index is 0.000000247. The van der Waals surface area contributed by atoms with Gasteiger partial charge in [-0.1, -0.05) is 24.3 Å². The van der Waals surface area contributed by atoms with Crippen LogP contribution in [-0.4, -0.2) is 40.8 Å². The fourth-order valence-electron chi connectivity index (χ4n) is 3.93. The van der Waals surface area contributed by atoms with Crippen molar-refractivity contribution in [1.82, 2.24) is 9.97 Å². The van der Waals surface area contributed by atoms with Gasteiger partial charge in [0.15, 0.2) is 0 Å². The molecule has 1 aromatic carbocycles. The zero-order valence-corrected chi connectivity index (χ0v) is 22.8. The van der Waals surface area contributed by atoms with Gasteiger partial charge in [0.05, 0.1) is 0 Å². The number of aromatic nitrogens is 2. The van der Waals surface area contributed by atoms with E-state index in [0.29, 0.717) is 6.42 Å². The van der Waals surface area contributed by atoms with Crippen LogP contribution in [0.5, 0.6) is 0 Å². The molecule has 2 N–H and O–H groups in total. The second-order valence-corrected chi connectivity index (χ2v) is 17.0. The van der Waals surface area contributed by atoms with Gasteiger partial charge in [-0.3, -0.25) is 4.98 Å². The van der Waals surface area contributed by atoms with E-state index in [9.17, 15) is 9.90 Å². The number of pyridine rings is 1. The van der Waals surface area contributed by atoms with Crippen molar-refractivity contribution in [3.05, 3.63) is 65.6 Å². The first-order chi connectivity index (χ1) is 15.6. The number of aromatic amines is 1. The van der Waals surface area contributed by atoms with Gasteiger partial charge >= 0.3 is 98.3 Å². The van der Waals surface area contributed by atoms with Crippen molar-refractivity contribution in [3.63, 3.8) is 0 Å². The van der Waals surface area contributed by atoms with Crippen LogP contribution < -0.4 is 0 Å². The summed E-state index contributed by atoms with van der Waals surface area (Å²) in [6, 6.07) is 11.4. The predicted molar refractivity (Wildman–Crippen MR) is 137 cm³/mol. The molecule has 0 fully saturated rings. The molecule has 2 aromatic heterocycles. The smallest absolute Gasteiger partial charge is 0.352 e. The first-order valence-electron chi connectivity index (χ1n) is 12.2. The van der Waals surface area contributed by atoms with Crippen molar-refractivity contribution in [2.45, 2.75) is 79.0 Å². The van der Waals surface area contributed by atoms with Crippen LogP contribution in [0, 0.1) is 0 Å². The summed E-state index contributed by atoms with van der Waals surface area (Å²) in [5.74, 6) is -0.935. The van der Waals surface area contributed by atoms with Crippen LogP contribution in [0.1, 0.15) is 80.9 Å². The van der Waals surface area contributed by atoms with Crippen molar-refractivity contribution in [3.8, 4) is 0 Å². The molecule has 32 heavy (non-hydrogen) atoms. The molecular weight excluding hydrogens is 503 g/mol. The molecule has 0 amide bonds. The number of rotatable bonds is 12. The SMILES string of the molecule is CCC[CH2][Sn]([CH2]CCC)[CH2]CCC.O=C(O)c1[nH]c2ccccc2c1Cc1cccnc1. The Labute approximate surface area is 200 Å². The van der Waals surface area contributed by atoms with Crippen molar-refractivity contribution < 1.29 is 9.90 Å². The van der Waals surface area contributed by atoms with E-state index < -0.39 is 25.7 Å². The number of unbranched alkanes of at least 4 members (excludes halogenated alkanes) is 3. The van der Waals surface area contributed by atoms with E-state index in [0.717, 1.165) is 22.0 Å². The van der Waals surface area contributed by atoms with Gasteiger partial charge in [-0.15, -0.1) is 0 Å². The standard InChI is InChI=1S/C15H12N2O2.3C4H9.Sn/c18-15(19)14-12(8-10-4-3-7-16-9-10)11-5-1-2-6-13(11)17-14;3*1-3-4-2;/h1-7,9,17H,8H2,(H,18,19);3*1,3-4H2,2H3;. The number of benzene rings is 1. The number of nitrogens with one attached hydrogen (secondary N) is 1. The van der Waals surface area contributed by atoms with Gasteiger partial charge in [0, 0.05) is 29.7 Å². The number of para-hydroxylation sites is 1. The van der Waals surface area contributed by atoms with Crippen LogP contribution in [-0.2, 0) is 6.42 Å². The van der Waals surface area contributed by atoms with E-state index in [1.54, 1.807) is 25.7 Å². The molecule has 0 saturated heterocycles. The molecule has 4 nitrogen and oxygen atoms in total. The summed E-state index contributed by atoms with van der Waals surface area (Å²) >= 11 is -0.839. The number of fused-ring (bicyclic) bond motifs is 1. The van der Waals surface area contributed by atoms with Crippen molar-refractivity contribution in [2.24, 2.45) is 0 Å². The molecule has 3 aromatic rings. The van der Waals surface area contributed by atoms with E-state index in [1.807, 2.05) is 36.4 Å². The molecule has 0 bridgehead atoms. The molecular formula is C27H39N2O2Sn. The molecule has 3 rings (SSSR count). The van der Waals surface area contributed by atoms with Gasteiger partial charge in [-0.25, -0.2) is 4.79 Å². The monoisotopic (exact) mass is 543 g/mol. The normalized spacial score (nSPS) is 10.9. The molecule has 1 radical (unpaired) electrons. The van der Waals surface area contributed by atoms with Gasteiger partial charge < -0.3 is 10.1 Å². The largest absolute Gasteiger partial charge is 0.477 e. The average Bonchev–Trinajstić information content (AvgIpc) is 3.18. The maximum absolute atomic E-state index is 11.3. The minimum absolute atomic E-state index is 0.255. The molecule has 0 aliphatic rings. The van der Waals surface area contributed by atoms with E-state index >= 15 is 0 Å². The van der Waals surface area contributed by atoms with E-state index in [2.05, 4.69) is 30.7 Å². The number of carboxylic acid groups (broad SMARTS) is 1. The molecule has 0 unspecified atom stereocenters. The molecule has 0 saturated carbocycles. The molecule has 0 spiro atoms. The fourth-order valence-corrected chi connectivity index (χ4v) is 13.4. The van der Waals surface area contributed by atoms with Crippen LogP contribution in [0.2, 0.25) is 13.3 Å². The van der Waals surface area contributed by atoms with Gasteiger partial charge in [0.1, 0.15) is 5.69 Å². The van der Waals surface area contributed by atoms with Crippen LogP contribution in [0.25, 0.3) is 10.9 Å². The summed E-state index contributed by atoms with van der Waals surface area (Å²) in [7, 11) is 0. The Morgan fingerprint density at radius 1 is 0.938 bits per heavy atom. The van der Waals surface area contributed by atoms with Crippen LogP contribution >= 0.6 is 0 Å². The second kappa shape index (κ2) is 15.1. The van der Waals surface area contributed by atoms with Crippen molar-refractivity contribution >= 4 is 36.6 Å². The Hall–Kier alpha value is -1.82. The summed E-state index contributed by atoms with van der Waals surface area (Å²) < 4.78 is 5.04. The molecule has 173 valence electrons. The third-order valence-corrected chi connectivity index (χ3v) is 14.9. The third-order valence-electron chi connectivity index (χ3n) is 5.78. The Kier molecular flexibility index (Phi) is 12.5. The molecule has 0 aliphatic carbocycles. The number of nitrogens with zero attached hydrogens (tertiary/aromatic N) is 1. The maximum Gasteiger partial charge on any atom is 0.352 e. The predicted octanol–water partition coefficient (Wildman–Crippen LogP) is 7.73. The first kappa shape index (κ1) is 26.4. The van der Waals surface area contributed by atoms with E-state index in [1.165, 1.54) is 38.5 Å². The number of hydrogen-bond acceptors (Lipinski definition) is 2. The second-order valence-electron chi connectivity index (χ2n) is 8.43. The van der Waals surface area contributed by atoms with E-state index in [-0.39, 0.29) is 5.69 Å². The minimum atomic E-state index is -0.935. The average molecular weight is 542 g/mol. The number of carboxylic acids is 1. The molecule has 0 aliphatic heterocycles. The van der Waals surface area contributed by atoms with E-state index in [4.69, 9.17) is 0 Å². The molecule has 0 atom stereocenters. The van der Waals surface area contributed by atoms with Crippen molar-refractivity contribution in [2.75, 3.05) is 0 Å². The molecule has 5 heteroatoms. The molecule has 2 heterocycles. The zero-order chi connectivity index (χ0) is 23.2. The summed E-state index contributed by atoms with van der Waals surface area (Å²) in [4.78, 5) is 18.4. The van der Waals surface area contributed by atoms with Crippen LogP contribution in [0.3, 0.4) is 0 Å². The van der Waals surface area contributed by atoms with Crippen LogP contribution in [0.4, 0.5) is 0 Å². The number of hydrogen-bond donors (Lipinski definition) is 2. The number of carbonyl (C=O) groups is 1. The van der Waals surface area contributed by atoms with Gasteiger partial charge in [0.2, 0.25) is 0 Å². The Morgan fingerprint density at radius 2 is 1.56 bits per heavy atom. The maximum atomic E-state index is 11.3. The third kappa shape index (κ3) is 8.61. The summed E-state index contributed by atoms with van der Waals surface area (Å²) in [5, 5.41) is 10.2. The quantitative estimate of drug-likeness (QED) is 0.230. The number of H-pyrrole nitrogens is 1. The summed E-state index contributed by atoms with van der Waals surface area (Å²) in [6.07, 6.45) is 12.9.